The fourth-order valence-corrected chi connectivity index (χ4v) is 3.76. The molecule has 3 aromatic rings. The Morgan fingerprint density at radius 1 is 0.923 bits per heavy atom. The van der Waals surface area contributed by atoms with Crippen LogP contribution in [0.25, 0.3) is 10.8 Å². The van der Waals surface area contributed by atoms with E-state index in [0.717, 1.165) is 17.2 Å². The second kappa shape index (κ2) is 7.58. The average molecular weight is 368 g/mol. The minimum absolute atomic E-state index is 0.153. The van der Waals surface area contributed by atoms with E-state index in [0.29, 0.717) is 12.1 Å². The molecule has 2 N–H and O–H groups in total. The van der Waals surface area contributed by atoms with Gasteiger partial charge in [-0.15, -0.1) is 0 Å². The lowest BCUT2D eigenvalue weighted by atomic mass is 10.1. The Kier molecular flexibility index (Phi) is 5.23. The van der Waals surface area contributed by atoms with Crippen LogP contribution in [0.5, 0.6) is 0 Å². The van der Waals surface area contributed by atoms with Crippen LogP contribution in [-0.4, -0.2) is 20.9 Å². The van der Waals surface area contributed by atoms with Gasteiger partial charge in [0.1, 0.15) is 0 Å². The molecule has 0 bridgehead atoms. The monoisotopic (exact) mass is 368 g/mol. The summed E-state index contributed by atoms with van der Waals surface area (Å²) >= 11 is 0. The molecule has 1 amide bonds. The molecule has 0 radical (unpaired) electrons. The highest BCUT2D eigenvalue weighted by atomic mass is 32.2. The molecule has 0 saturated heterocycles. The van der Waals surface area contributed by atoms with E-state index < -0.39 is 10.0 Å². The van der Waals surface area contributed by atoms with E-state index >= 15 is 0 Å². The first-order valence-electron chi connectivity index (χ1n) is 8.40. The lowest BCUT2D eigenvalue weighted by Crippen LogP contribution is -2.25. The molecular weight excluding hydrogens is 348 g/mol. The molecule has 6 heteroatoms. The molecule has 0 unspecified atom stereocenters. The van der Waals surface area contributed by atoms with Crippen molar-refractivity contribution < 1.29 is 13.2 Å². The third-order valence-corrected chi connectivity index (χ3v) is 5.35. The molecule has 0 atom stereocenters. The number of fused-ring (bicyclic) bond motifs is 1. The first-order chi connectivity index (χ1) is 12.5. The van der Waals surface area contributed by atoms with Crippen LogP contribution in [0.4, 0.5) is 5.69 Å². The zero-order valence-electron chi connectivity index (χ0n) is 14.4. The van der Waals surface area contributed by atoms with Crippen molar-refractivity contribution in [2.45, 2.75) is 18.2 Å². The van der Waals surface area contributed by atoms with Gasteiger partial charge in [-0.05, 0) is 41.5 Å². The lowest BCUT2D eigenvalue weighted by Gasteiger charge is -2.13. The van der Waals surface area contributed by atoms with E-state index in [4.69, 9.17) is 0 Å². The van der Waals surface area contributed by atoms with Crippen molar-refractivity contribution in [1.29, 1.82) is 0 Å². The number of hydrogen-bond acceptors (Lipinski definition) is 3. The standard InChI is InChI=1S/C20H20N2O3S/c1-2-13-21-20(23)18-9-5-6-10-19(18)22-26(24,25)17-12-11-15-7-3-4-8-16(15)14-17/h3-12,14,22H,2,13H2,1H3,(H,21,23). The molecule has 3 rings (SSSR count). The zero-order valence-corrected chi connectivity index (χ0v) is 15.2. The second-order valence-electron chi connectivity index (χ2n) is 5.92. The third kappa shape index (κ3) is 3.86. The SMILES string of the molecule is CCCNC(=O)c1ccccc1NS(=O)(=O)c1ccc2ccccc2c1. The molecule has 26 heavy (non-hydrogen) atoms. The maximum atomic E-state index is 12.8. The summed E-state index contributed by atoms with van der Waals surface area (Å²) in [6.45, 7) is 2.49. The van der Waals surface area contributed by atoms with Crippen LogP contribution >= 0.6 is 0 Å². The van der Waals surface area contributed by atoms with Gasteiger partial charge < -0.3 is 5.32 Å². The highest BCUT2D eigenvalue weighted by Crippen LogP contribution is 2.23. The normalized spacial score (nSPS) is 11.3. The van der Waals surface area contributed by atoms with Crippen LogP contribution < -0.4 is 10.0 Å². The van der Waals surface area contributed by atoms with Crippen LogP contribution in [0.3, 0.4) is 0 Å². The summed E-state index contributed by atoms with van der Waals surface area (Å²) in [5.74, 6) is -0.302. The maximum Gasteiger partial charge on any atom is 0.261 e. The van der Waals surface area contributed by atoms with Gasteiger partial charge in [-0.3, -0.25) is 9.52 Å². The number of nitrogens with one attached hydrogen (secondary N) is 2. The van der Waals surface area contributed by atoms with Crippen molar-refractivity contribution in [3.63, 3.8) is 0 Å². The number of rotatable bonds is 6. The Balaban J connectivity index is 1.93. The molecular formula is C20H20N2O3S. The maximum absolute atomic E-state index is 12.8. The van der Waals surface area contributed by atoms with Crippen LogP contribution in [0.2, 0.25) is 0 Å². The number of para-hydroxylation sites is 1. The topological polar surface area (TPSA) is 75.3 Å². The molecule has 0 heterocycles. The Hall–Kier alpha value is -2.86. The third-order valence-electron chi connectivity index (χ3n) is 3.98. The molecule has 134 valence electrons. The Morgan fingerprint density at radius 3 is 2.38 bits per heavy atom. The van der Waals surface area contributed by atoms with Crippen LogP contribution in [-0.2, 0) is 10.0 Å². The van der Waals surface area contributed by atoms with E-state index in [-0.39, 0.29) is 16.5 Å². The smallest absolute Gasteiger partial charge is 0.261 e. The number of carbonyl (C=O) groups excluding carboxylic acids is 1. The Bertz CT molecular complexity index is 1050. The molecule has 3 aromatic carbocycles. The summed E-state index contributed by atoms with van der Waals surface area (Å²) in [4.78, 5) is 12.4. The Labute approximate surface area is 153 Å². The molecule has 0 saturated carbocycles. The number of benzene rings is 3. The molecule has 0 aliphatic carbocycles. The van der Waals surface area contributed by atoms with Crippen molar-refractivity contribution in [2.75, 3.05) is 11.3 Å². The number of hydrogen-bond donors (Lipinski definition) is 2. The number of carbonyl (C=O) groups is 1. The Morgan fingerprint density at radius 2 is 1.62 bits per heavy atom. The van der Waals surface area contributed by atoms with Gasteiger partial charge in [0.05, 0.1) is 16.1 Å². The summed E-state index contributed by atoms with van der Waals surface area (Å²) in [5, 5.41) is 4.57. The first kappa shape index (κ1) is 17.9. The summed E-state index contributed by atoms with van der Waals surface area (Å²) in [7, 11) is -3.81. The number of anilines is 1. The summed E-state index contributed by atoms with van der Waals surface area (Å²) in [6, 6.07) is 19.1. The minimum atomic E-state index is -3.81. The van der Waals surface area contributed by atoms with Crippen LogP contribution in [0, 0.1) is 0 Å². The largest absolute Gasteiger partial charge is 0.352 e. The molecule has 0 aliphatic heterocycles. The molecule has 0 aromatic heterocycles. The van der Waals surface area contributed by atoms with Crippen molar-refractivity contribution in [3.8, 4) is 0 Å². The highest BCUT2D eigenvalue weighted by molar-refractivity contribution is 7.92. The zero-order chi connectivity index (χ0) is 18.6. The quantitative estimate of drug-likeness (QED) is 0.695. The molecule has 0 fully saturated rings. The molecule has 0 spiro atoms. The molecule has 5 nitrogen and oxygen atoms in total. The molecule has 0 aliphatic rings. The van der Waals surface area contributed by atoms with Gasteiger partial charge in [0.2, 0.25) is 0 Å². The van der Waals surface area contributed by atoms with Gasteiger partial charge in [-0.1, -0.05) is 49.4 Å². The predicted octanol–water partition coefficient (Wildman–Crippen LogP) is 3.78. The van der Waals surface area contributed by atoms with Gasteiger partial charge >= 0.3 is 0 Å². The predicted molar refractivity (Wildman–Crippen MR) is 104 cm³/mol. The van der Waals surface area contributed by atoms with E-state index in [1.807, 2.05) is 31.2 Å². The first-order valence-corrected chi connectivity index (χ1v) is 9.88. The van der Waals surface area contributed by atoms with E-state index in [1.165, 1.54) is 0 Å². The fraction of sp³-hybridized carbons (Fsp3) is 0.150. The summed E-state index contributed by atoms with van der Waals surface area (Å²) in [5.41, 5.74) is 0.555. The fourth-order valence-electron chi connectivity index (χ4n) is 2.64. The van der Waals surface area contributed by atoms with Crippen molar-refractivity contribution in [1.82, 2.24) is 5.32 Å². The van der Waals surface area contributed by atoms with Gasteiger partial charge in [-0.25, -0.2) is 8.42 Å². The van der Waals surface area contributed by atoms with Gasteiger partial charge in [0.25, 0.3) is 15.9 Å². The number of amides is 1. The van der Waals surface area contributed by atoms with Gasteiger partial charge in [0, 0.05) is 6.54 Å². The van der Waals surface area contributed by atoms with Crippen molar-refractivity contribution in [2.24, 2.45) is 0 Å². The van der Waals surface area contributed by atoms with Gasteiger partial charge in [-0.2, -0.15) is 0 Å². The van der Waals surface area contributed by atoms with E-state index in [9.17, 15) is 13.2 Å². The van der Waals surface area contributed by atoms with E-state index in [1.54, 1.807) is 42.5 Å². The van der Waals surface area contributed by atoms with Crippen molar-refractivity contribution >= 4 is 32.4 Å². The van der Waals surface area contributed by atoms with Crippen molar-refractivity contribution in [3.05, 3.63) is 72.3 Å². The lowest BCUT2D eigenvalue weighted by molar-refractivity contribution is 0.0954. The van der Waals surface area contributed by atoms with Gasteiger partial charge in [0.15, 0.2) is 0 Å². The van der Waals surface area contributed by atoms with E-state index in [2.05, 4.69) is 10.0 Å². The summed E-state index contributed by atoms with van der Waals surface area (Å²) < 4.78 is 28.1. The van der Waals surface area contributed by atoms with Crippen LogP contribution in [0.15, 0.2) is 71.6 Å². The second-order valence-corrected chi connectivity index (χ2v) is 7.60. The minimum Gasteiger partial charge on any atom is -0.352 e. The summed E-state index contributed by atoms with van der Waals surface area (Å²) in [6.07, 6.45) is 0.802. The highest BCUT2D eigenvalue weighted by Gasteiger charge is 2.18. The number of sulfonamides is 1. The van der Waals surface area contributed by atoms with Crippen LogP contribution in [0.1, 0.15) is 23.7 Å². The average Bonchev–Trinajstić information content (AvgIpc) is 2.66.